The van der Waals surface area contributed by atoms with Crippen LogP contribution in [0.5, 0.6) is 0 Å². The molecular weight excluding hydrogens is 316 g/mol. The number of nitrogens with one attached hydrogen (secondary N) is 1. The molecule has 0 bridgehead atoms. The minimum Gasteiger partial charge on any atom is -0.324 e. The van der Waals surface area contributed by atoms with Crippen LogP contribution in [0.4, 0.5) is 10.6 Å². The molecule has 3 heterocycles. The van der Waals surface area contributed by atoms with E-state index in [0.29, 0.717) is 12.4 Å². The molecule has 0 saturated carbocycles. The fourth-order valence-corrected chi connectivity index (χ4v) is 3.29. The molecular formula is C18H20N6O. The van der Waals surface area contributed by atoms with E-state index < -0.39 is 0 Å². The van der Waals surface area contributed by atoms with Gasteiger partial charge >= 0.3 is 6.03 Å². The van der Waals surface area contributed by atoms with Crippen LogP contribution in [0, 0.1) is 0 Å². The van der Waals surface area contributed by atoms with Crippen LogP contribution in [0.2, 0.25) is 0 Å². The molecule has 1 N–H and O–H groups in total. The predicted octanol–water partition coefficient (Wildman–Crippen LogP) is 2.77. The second-order valence-electron chi connectivity index (χ2n) is 6.42. The van der Waals surface area contributed by atoms with Crippen molar-refractivity contribution in [3.8, 4) is 0 Å². The van der Waals surface area contributed by atoms with E-state index >= 15 is 0 Å². The zero-order valence-corrected chi connectivity index (χ0v) is 14.1. The molecule has 1 saturated heterocycles. The Morgan fingerprint density at radius 3 is 2.96 bits per heavy atom. The van der Waals surface area contributed by atoms with Crippen molar-refractivity contribution in [1.82, 2.24) is 24.9 Å². The normalized spacial score (nSPS) is 17.6. The van der Waals surface area contributed by atoms with Gasteiger partial charge in [0.1, 0.15) is 0 Å². The molecule has 4 rings (SSSR count). The number of carbonyl (C=O) groups excluding carboxylic acids is 1. The summed E-state index contributed by atoms with van der Waals surface area (Å²) < 4.78 is 1.80. The minimum absolute atomic E-state index is 0.134. The number of anilines is 1. The van der Waals surface area contributed by atoms with Crippen LogP contribution in [0.25, 0.3) is 10.9 Å². The lowest BCUT2D eigenvalue weighted by Crippen LogP contribution is -2.41. The van der Waals surface area contributed by atoms with Gasteiger partial charge in [0.05, 0.1) is 11.2 Å². The number of carbonyl (C=O) groups is 1. The maximum absolute atomic E-state index is 12.6. The van der Waals surface area contributed by atoms with Gasteiger partial charge in [-0.05, 0) is 31.0 Å². The third-order valence-corrected chi connectivity index (χ3v) is 4.59. The number of amides is 2. The van der Waals surface area contributed by atoms with Gasteiger partial charge in [0, 0.05) is 37.6 Å². The van der Waals surface area contributed by atoms with Gasteiger partial charge in [0.15, 0.2) is 5.82 Å². The van der Waals surface area contributed by atoms with Crippen molar-refractivity contribution >= 4 is 22.8 Å². The van der Waals surface area contributed by atoms with Crippen LogP contribution < -0.4 is 5.32 Å². The molecule has 25 heavy (non-hydrogen) atoms. The number of aromatic nitrogens is 4. The van der Waals surface area contributed by atoms with Crippen LogP contribution in [-0.2, 0) is 7.05 Å². The Bertz CT molecular complexity index is 905. The summed E-state index contributed by atoms with van der Waals surface area (Å²) in [7, 11) is 1.91. The largest absolute Gasteiger partial charge is 0.324 e. The first kappa shape index (κ1) is 15.6. The highest BCUT2D eigenvalue weighted by Gasteiger charge is 2.26. The molecule has 1 aromatic carbocycles. The predicted molar refractivity (Wildman–Crippen MR) is 95.3 cm³/mol. The molecule has 0 spiro atoms. The van der Waals surface area contributed by atoms with E-state index in [1.165, 1.54) is 0 Å². The summed E-state index contributed by atoms with van der Waals surface area (Å²) in [6, 6.07) is 11.5. The average molecular weight is 336 g/mol. The molecule has 2 amide bonds. The van der Waals surface area contributed by atoms with Gasteiger partial charge in [-0.25, -0.2) is 4.79 Å². The summed E-state index contributed by atoms with van der Waals surface area (Å²) in [5.74, 6) is 0.757. The Morgan fingerprint density at radius 1 is 1.24 bits per heavy atom. The Kier molecular flexibility index (Phi) is 4.05. The van der Waals surface area contributed by atoms with E-state index in [9.17, 15) is 4.79 Å². The van der Waals surface area contributed by atoms with Crippen LogP contribution in [0.1, 0.15) is 24.5 Å². The summed E-state index contributed by atoms with van der Waals surface area (Å²) in [5, 5.41) is 16.6. The molecule has 2 aromatic heterocycles. The smallest absolute Gasteiger partial charge is 0.323 e. The van der Waals surface area contributed by atoms with Crippen molar-refractivity contribution in [1.29, 1.82) is 0 Å². The second-order valence-corrected chi connectivity index (χ2v) is 6.42. The summed E-state index contributed by atoms with van der Waals surface area (Å²) in [6.45, 7) is 1.42. The fraction of sp³-hybridized carbons (Fsp3) is 0.333. The monoisotopic (exact) mass is 336 g/mol. The Morgan fingerprint density at radius 2 is 2.12 bits per heavy atom. The van der Waals surface area contributed by atoms with Gasteiger partial charge in [0.2, 0.25) is 0 Å². The van der Waals surface area contributed by atoms with Crippen molar-refractivity contribution in [2.24, 2.45) is 7.05 Å². The van der Waals surface area contributed by atoms with Crippen LogP contribution in [0.15, 0.2) is 42.6 Å². The molecule has 1 aliphatic heterocycles. The molecule has 1 unspecified atom stereocenters. The van der Waals surface area contributed by atoms with E-state index in [-0.39, 0.29) is 11.9 Å². The van der Waals surface area contributed by atoms with E-state index in [0.717, 1.165) is 36.0 Å². The number of rotatable bonds is 2. The zero-order valence-electron chi connectivity index (χ0n) is 14.1. The number of benzene rings is 1. The highest BCUT2D eigenvalue weighted by molar-refractivity contribution is 5.90. The van der Waals surface area contributed by atoms with Crippen LogP contribution in [-0.4, -0.2) is 44.0 Å². The lowest BCUT2D eigenvalue weighted by atomic mass is 9.95. The maximum Gasteiger partial charge on any atom is 0.323 e. The molecule has 128 valence electrons. The number of likely N-dealkylation sites (tertiary alicyclic amines) is 1. The van der Waals surface area contributed by atoms with Gasteiger partial charge in [-0.3, -0.25) is 10.00 Å². The first-order valence-electron chi connectivity index (χ1n) is 8.47. The van der Waals surface area contributed by atoms with Crippen molar-refractivity contribution in [2.75, 3.05) is 18.4 Å². The standard InChI is InChI=1S/C18H20N6O/c1-23-10-8-16(22-23)14-6-4-9-24(12-14)18(25)19-17-11-13-5-2-3-7-15(13)20-21-17/h2-3,5,7-8,10-11,14H,4,6,9,12H2,1H3,(H,19,21,25). The van der Waals surface area contributed by atoms with E-state index in [1.807, 2.05) is 54.5 Å². The van der Waals surface area contributed by atoms with Gasteiger partial charge in [-0.2, -0.15) is 5.10 Å². The Balaban J connectivity index is 1.46. The molecule has 1 aliphatic rings. The lowest BCUT2D eigenvalue weighted by molar-refractivity contribution is 0.192. The second kappa shape index (κ2) is 6.51. The third kappa shape index (κ3) is 3.31. The third-order valence-electron chi connectivity index (χ3n) is 4.59. The van der Waals surface area contributed by atoms with Gasteiger partial charge in [0.25, 0.3) is 0 Å². The quantitative estimate of drug-likeness (QED) is 0.781. The first-order valence-corrected chi connectivity index (χ1v) is 8.47. The Hall–Kier alpha value is -2.96. The molecule has 7 nitrogen and oxygen atoms in total. The fourth-order valence-electron chi connectivity index (χ4n) is 3.29. The number of nitrogens with zero attached hydrogens (tertiary/aromatic N) is 5. The average Bonchev–Trinajstić information content (AvgIpc) is 3.08. The number of fused-ring (bicyclic) bond motifs is 1. The summed E-state index contributed by atoms with van der Waals surface area (Å²) in [5.41, 5.74) is 1.86. The van der Waals surface area contributed by atoms with E-state index in [2.05, 4.69) is 20.6 Å². The molecule has 0 aliphatic carbocycles. The summed E-state index contributed by atoms with van der Waals surface area (Å²) in [4.78, 5) is 14.4. The van der Waals surface area contributed by atoms with Gasteiger partial charge in [-0.1, -0.05) is 18.2 Å². The number of urea groups is 1. The van der Waals surface area contributed by atoms with Gasteiger partial charge < -0.3 is 4.90 Å². The van der Waals surface area contributed by atoms with E-state index in [4.69, 9.17) is 0 Å². The molecule has 7 heteroatoms. The number of hydrogen-bond acceptors (Lipinski definition) is 4. The maximum atomic E-state index is 12.6. The van der Waals surface area contributed by atoms with Crippen molar-refractivity contribution in [2.45, 2.75) is 18.8 Å². The van der Waals surface area contributed by atoms with E-state index in [1.54, 1.807) is 4.68 Å². The molecule has 3 aromatic rings. The summed E-state index contributed by atoms with van der Waals surface area (Å²) in [6.07, 6.45) is 3.97. The lowest BCUT2D eigenvalue weighted by Gasteiger charge is -2.31. The Labute approximate surface area is 145 Å². The first-order chi connectivity index (χ1) is 12.2. The minimum atomic E-state index is -0.134. The zero-order chi connectivity index (χ0) is 17.2. The topological polar surface area (TPSA) is 75.9 Å². The van der Waals surface area contributed by atoms with Crippen LogP contribution in [0.3, 0.4) is 0 Å². The van der Waals surface area contributed by atoms with Crippen molar-refractivity contribution in [3.05, 3.63) is 48.3 Å². The van der Waals surface area contributed by atoms with Crippen molar-refractivity contribution in [3.63, 3.8) is 0 Å². The van der Waals surface area contributed by atoms with Crippen molar-refractivity contribution < 1.29 is 4.79 Å². The molecule has 1 atom stereocenters. The highest BCUT2D eigenvalue weighted by atomic mass is 16.2. The number of aryl methyl sites for hydroxylation is 1. The molecule has 1 fully saturated rings. The van der Waals surface area contributed by atoms with Gasteiger partial charge in [-0.15, -0.1) is 10.2 Å². The summed E-state index contributed by atoms with van der Waals surface area (Å²) >= 11 is 0. The SMILES string of the molecule is Cn1ccc(C2CCCN(C(=O)Nc3cc4ccccc4nn3)C2)n1. The number of hydrogen-bond donors (Lipinski definition) is 1. The molecule has 0 radical (unpaired) electrons. The highest BCUT2D eigenvalue weighted by Crippen LogP contribution is 2.26. The van der Waals surface area contributed by atoms with Crippen LogP contribution >= 0.6 is 0 Å². The number of piperidine rings is 1.